The van der Waals surface area contributed by atoms with E-state index < -0.39 is 0 Å². The average Bonchev–Trinajstić information content (AvgIpc) is 2.18. The summed E-state index contributed by atoms with van der Waals surface area (Å²) in [6, 6.07) is 3.47. The van der Waals surface area contributed by atoms with Gasteiger partial charge in [0.05, 0.1) is 13.2 Å². The number of fused-ring (bicyclic) bond motifs is 1. The number of halogens is 1. The van der Waals surface area contributed by atoms with Crippen molar-refractivity contribution in [2.24, 2.45) is 5.73 Å². The summed E-state index contributed by atoms with van der Waals surface area (Å²) in [4.78, 5) is 0. The minimum Gasteiger partial charge on any atom is -0.493 e. The number of benzene rings is 1. The van der Waals surface area contributed by atoms with Crippen LogP contribution in [0.15, 0.2) is 12.1 Å². The highest BCUT2D eigenvalue weighted by atomic mass is 35.5. The van der Waals surface area contributed by atoms with Crippen molar-refractivity contribution in [1.29, 1.82) is 0 Å². The van der Waals surface area contributed by atoms with E-state index in [1.54, 1.807) is 12.1 Å². The minimum atomic E-state index is -0.0738. The van der Waals surface area contributed by atoms with Gasteiger partial charge in [-0.05, 0) is 12.1 Å². The normalized spacial score (nSPS) is 20.1. The highest BCUT2D eigenvalue weighted by Gasteiger charge is 2.21. The lowest BCUT2D eigenvalue weighted by Gasteiger charge is -2.25. The Morgan fingerprint density at radius 3 is 3.07 bits per heavy atom. The van der Waals surface area contributed by atoms with E-state index in [1.807, 2.05) is 0 Å². The molecule has 0 saturated heterocycles. The molecule has 3 N–H and O–H groups in total. The van der Waals surface area contributed by atoms with Crippen molar-refractivity contribution in [1.82, 2.24) is 0 Å². The molecule has 0 aliphatic carbocycles. The lowest BCUT2D eigenvalue weighted by Crippen LogP contribution is -2.21. The minimum absolute atomic E-state index is 0.0391. The Kier molecular flexibility index (Phi) is 2.63. The second-order valence-corrected chi connectivity index (χ2v) is 3.82. The van der Waals surface area contributed by atoms with Gasteiger partial charge in [-0.1, -0.05) is 11.6 Å². The lowest BCUT2D eigenvalue weighted by molar-refractivity contribution is 0.242. The molecule has 0 spiro atoms. The van der Waals surface area contributed by atoms with E-state index in [1.165, 1.54) is 0 Å². The number of nitrogens with two attached hydrogens (primary N) is 1. The molecule has 0 radical (unpaired) electrons. The lowest BCUT2D eigenvalue weighted by atomic mass is 9.98. The van der Waals surface area contributed by atoms with E-state index in [9.17, 15) is 0 Å². The molecule has 0 unspecified atom stereocenters. The van der Waals surface area contributed by atoms with Crippen molar-refractivity contribution in [2.75, 3.05) is 6.61 Å². The molecule has 76 valence electrons. The molecular weight excluding hydrogens is 202 g/mol. The molecule has 0 saturated carbocycles. The second-order valence-electron chi connectivity index (χ2n) is 3.39. The first-order valence-corrected chi connectivity index (χ1v) is 4.91. The topological polar surface area (TPSA) is 55.5 Å². The van der Waals surface area contributed by atoms with Gasteiger partial charge >= 0.3 is 0 Å². The van der Waals surface area contributed by atoms with Gasteiger partial charge in [0.1, 0.15) is 5.75 Å². The molecule has 0 fully saturated rings. The van der Waals surface area contributed by atoms with Crippen molar-refractivity contribution in [3.8, 4) is 5.75 Å². The summed E-state index contributed by atoms with van der Waals surface area (Å²) in [7, 11) is 0. The van der Waals surface area contributed by atoms with E-state index in [2.05, 4.69) is 0 Å². The van der Waals surface area contributed by atoms with Crippen LogP contribution in [-0.2, 0) is 6.61 Å². The van der Waals surface area contributed by atoms with Crippen LogP contribution in [0.25, 0.3) is 0 Å². The number of rotatable bonds is 1. The SMILES string of the molecule is N[C@@H]1CCOc2c(CO)cc(Cl)cc21. The molecule has 1 aliphatic heterocycles. The van der Waals surface area contributed by atoms with Crippen LogP contribution in [0.4, 0.5) is 0 Å². The zero-order valence-electron chi connectivity index (χ0n) is 7.66. The fraction of sp³-hybridized carbons (Fsp3) is 0.400. The number of hydrogen-bond donors (Lipinski definition) is 2. The second kappa shape index (κ2) is 3.77. The van der Waals surface area contributed by atoms with Gasteiger partial charge in [-0.3, -0.25) is 0 Å². The van der Waals surface area contributed by atoms with Gasteiger partial charge in [0, 0.05) is 28.6 Å². The summed E-state index contributed by atoms with van der Waals surface area (Å²) in [6.45, 7) is 0.526. The van der Waals surface area contributed by atoms with Crippen LogP contribution in [0.1, 0.15) is 23.6 Å². The smallest absolute Gasteiger partial charge is 0.129 e. The Bertz CT molecular complexity index is 354. The maximum Gasteiger partial charge on any atom is 0.129 e. The first-order chi connectivity index (χ1) is 6.72. The van der Waals surface area contributed by atoms with E-state index in [-0.39, 0.29) is 12.6 Å². The first kappa shape index (κ1) is 9.77. The van der Waals surface area contributed by atoms with Crippen molar-refractivity contribution in [3.05, 3.63) is 28.3 Å². The highest BCUT2D eigenvalue weighted by Crippen LogP contribution is 2.36. The van der Waals surface area contributed by atoms with E-state index >= 15 is 0 Å². The largest absolute Gasteiger partial charge is 0.493 e. The van der Waals surface area contributed by atoms with Gasteiger partial charge in [0.25, 0.3) is 0 Å². The monoisotopic (exact) mass is 213 g/mol. The van der Waals surface area contributed by atoms with Crippen LogP contribution in [0, 0.1) is 0 Å². The van der Waals surface area contributed by atoms with Crippen LogP contribution in [0.2, 0.25) is 5.02 Å². The summed E-state index contributed by atoms with van der Waals surface area (Å²) in [5, 5.41) is 9.72. The van der Waals surface area contributed by atoms with Crippen LogP contribution in [0.5, 0.6) is 5.75 Å². The Labute approximate surface area is 87.4 Å². The van der Waals surface area contributed by atoms with Crippen LogP contribution in [0.3, 0.4) is 0 Å². The summed E-state index contributed by atoms with van der Waals surface area (Å²) in [5.74, 6) is 0.704. The highest BCUT2D eigenvalue weighted by molar-refractivity contribution is 6.30. The molecule has 1 aliphatic rings. The quantitative estimate of drug-likeness (QED) is 0.746. The maximum absolute atomic E-state index is 9.12. The predicted molar refractivity (Wildman–Crippen MR) is 54.4 cm³/mol. The van der Waals surface area contributed by atoms with Gasteiger partial charge in [-0.25, -0.2) is 0 Å². The number of ether oxygens (including phenoxy) is 1. The molecular formula is C10H12ClNO2. The zero-order chi connectivity index (χ0) is 10.1. The van der Waals surface area contributed by atoms with E-state index in [0.29, 0.717) is 22.9 Å². The maximum atomic E-state index is 9.12. The molecule has 0 aromatic heterocycles. The summed E-state index contributed by atoms with van der Waals surface area (Å²) in [6.07, 6.45) is 0.790. The third-order valence-electron chi connectivity index (χ3n) is 2.40. The van der Waals surface area contributed by atoms with E-state index in [4.69, 9.17) is 27.2 Å². The Hall–Kier alpha value is -0.770. The molecule has 1 heterocycles. The molecule has 0 amide bonds. The Morgan fingerprint density at radius 1 is 1.57 bits per heavy atom. The number of aliphatic hydroxyl groups excluding tert-OH is 1. The summed E-state index contributed by atoms with van der Waals surface area (Å²) >= 11 is 5.90. The van der Waals surface area contributed by atoms with Crippen molar-refractivity contribution in [2.45, 2.75) is 19.1 Å². The van der Waals surface area contributed by atoms with Crippen LogP contribution in [-0.4, -0.2) is 11.7 Å². The van der Waals surface area contributed by atoms with Crippen molar-refractivity contribution in [3.63, 3.8) is 0 Å². The van der Waals surface area contributed by atoms with Crippen molar-refractivity contribution >= 4 is 11.6 Å². The van der Waals surface area contributed by atoms with Crippen LogP contribution < -0.4 is 10.5 Å². The molecule has 1 aromatic rings. The van der Waals surface area contributed by atoms with Gasteiger partial charge in [-0.2, -0.15) is 0 Å². The Balaban J connectivity index is 2.54. The summed E-state index contributed by atoms with van der Waals surface area (Å²) < 4.78 is 5.47. The molecule has 1 atom stereocenters. The van der Waals surface area contributed by atoms with Crippen molar-refractivity contribution < 1.29 is 9.84 Å². The number of hydrogen-bond acceptors (Lipinski definition) is 3. The molecule has 14 heavy (non-hydrogen) atoms. The van der Waals surface area contributed by atoms with Gasteiger partial charge in [0.2, 0.25) is 0 Å². The predicted octanol–water partition coefficient (Wildman–Crippen LogP) is 1.61. The molecule has 3 nitrogen and oxygen atoms in total. The fourth-order valence-corrected chi connectivity index (χ4v) is 1.93. The standard InChI is InChI=1S/C10H12ClNO2/c11-7-3-6(5-13)10-8(4-7)9(12)1-2-14-10/h3-4,9,13H,1-2,5,12H2/t9-/m1/s1. The van der Waals surface area contributed by atoms with Gasteiger partial charge < -0.3 is 15.6 Å². The third kappa shape index (κ3) is 1.59. The Morgan fingerprint density at radius 2 is 2.36 bits per heavy atom. The van der Waals surface area contributed by atoms with Gasteiger partial charge in [-0.15, -0.1) is 0 Å². The molecule has 1 aromatic carbocycles. The molecule has 4 heteroatoms. The molecule has 0 bridgehead atoms. The summed E-state index contributed by atoms with van der Waals surface area (Å²) in [5.41, 5.74) is 7.53. The average molecular weight is 214 g/mol. The number of aliphatic hydroxyl groups is 1. The van der Waals surface area contributed by atoms with Crippen LogP contribution >= 0.6 is 11.6 Å². The van der Waals surface area contributed by atoms with Gasteiger partial charge in [0.15, 0.2) is 0 Å². The van der Waals surface area contributed by atoms with E-state index in [0.717, 1.165) is 12.0 Å². The fourth-order valence-electron chi connectivity index (χ4n) is 1.69. The first-order valence-electron chi connectivity index (χ1n) is 4.54. The molecule has 2 rings (SSSR count). The zero-order valence-corrected chi connectivity index (χ0v) is 8.42. The third-order valence-corrected chi connectivity index (χ3v) is 2.62.